The Balaban J connectivity index is 2.28. The van der Waals surface area contributed by atoms with Crippen molar-refractivity contribution < 1.29 is 18.8 Å². The van der Waals surface area contributed by atoms with E-state index in [0.717, 1.165) is 25.7 Å². The second-order valence-corrected chi connectivity index (χ2v) is 26.1. The molecule has 4 nitrogen and oxygen atoms in total. The van der Waals surface area contributed by atoms with Crippen LogP contribution in [-0.4, -0.2) is 45.3 Å². The van der Waals surface area contributed by atoms with E-state index in [0.29, 0.717) is 17.8 Å². The highest BCUT2D eigenvalue weighted by Crippen LogP contribution is 2.52. The zero-order valence-electron chi connectivity index (χ0n) is 28.3. The van der Waals surface area contributed by atoms with Crippen molar-refractivity contribution >= 4 is 34.2 Å². The molecule has 0 radical (unpaired) electrons. The fourth-order valence-electron chi connectivity index (χ4n) is 5.92. The maximum Gasteiger partial charge on any atom is 0.303 e. The lowest BCUT2D eigenvalue weighted by molar-refractivity contribution is -0.137. The largest absolute Gasteiger partial charge is 0.481 e. The van der Waals surface area contributed by atoms with Crippen LogP contribution in [0.3, 0.4) is 0 Å². The zero-order chi connectivity index (χ0) is 31.3. The Hall–Kier alpha value is -0.406. The average molecular weight is 627 g/mol. The van der Waals surface area contributed by atoms with Gasteiger partial charge >= 0.3 is 5.97 Å². The summed E-state index contributed by atoms with van der Waals surface area (Å²) in [6.45, 7) is 25.8. The minimum Gasteiger partial charge on any atom is -0.481 e. The molecule has 1 N–H and O–H groups in total. The number of carbonyl (C=O) groups is 1. The van der Waals surface area contributed by atoms with Gasteiger partial charge in [-0.1, -0.05) is 79.2 Å². The van der Waals surface area contributed by atoms with Gasteiger partial charge in [-0.2, -0.15) is 0 Å². The number of carboxylic acid groups (broad SMARTS) is 1. The molecule has 2 aliphatic rings. The first-order valence-electron chi connectivity index (χ1n) is 16.3. The number of carboxylic acids is 1. The van der Waals surface area contributed by atoms with Crippen LogP contribution >= 0.6 is 11.6 Å². The van der Waals surface area contributed by atoms with Crippen LogP contribution in [0.15, 0.2) is 24.3 Å². The van der Waals surface area contributed by atoms with Gasteiger partial charge in [0.15, 0.2) is 16.6 Å². The molecule has 0 aliphatic heterocycles. The minimum absolute atomic E-state index is 0.0657. The smallest absolute Gasteiger partial charge is 0.303 e. The van der Waals surface area contributed by atoms with Crippen molar-refractivity contribution in [1.29, 1.82) is 0 Å². The molecule has 7 heteroatoms. The summed E-state index contributed by atoms with van der Waals surface area (Å²) < 4.78 is 14.2. The summed E-state index contributed by atoms with van der Waals surface area (Å²) in [7, 11) is -3.87. The van der Waals surface area contributed by atoms with Crippen molar-refractivity contribution in [2.45, 2.75) is 167 Å². The van der Waals surface area contributed by atoms with Crippen molar-refractivity contribution in [3.8, 4) is 0 Å². The van der Waals surface area contributed by atoms with Gasteiger partial charge in [0, 0.05) is 17.7 Å². The Kier molecular flexibility index (Phi) is 13.1. The van der Waals surface area contributed by atoms with E-state index in [1.165, 1.54) is 25.7 Å². The monoisotopic (exact) mass is 626 g/mol. The number of allylic oxidation sites excluding steroid dienone is 2. The van der Waals surface area contributed by atoms with E-state index in [9.17, 15) is 4.79 Å². The van der Waals surface area contributed by atoms with Gasteiger partial charge in [0.2, 0.25) is 0 Å². The van der Waals surface area contributed by atoms with Gasteiger partial charge in [0.25, 0.3) is 0 Å². The van der Waals surface area contributed by atoms with E-state index in [4.69, 9.17) is 25.6 Å². The summed E-state index contributed by atoms with van der Waals surface area (Å²) in [6.07, 6.45) is 19.1. The van der Waals surface area contributed by atoms with Gasteiger partial charge < -0.3 is 14.0 Å². The van der Waals surface area contributed by atoms with E-state index in [1.54, 1.807) is 0 Å². The highest BCUT2D eigenvalue weighted by Gasteiger charge is 2.49. The standard InChI is InChI=1S/C34H63ClO4Si2/c1-12-34(23-18-24-34)30(39-41(10,11)33(5,6)7)21-17-20-27-26(19-15-13-14-16-22-31(36)37)28(35)25-29(27)38-40(8,9)32(2,3)4/h13,15,17,20,26-30H,12,14,16,18-19,21-25H2,1-11H3,(H,36,37)/b15-13-,20-17+/t26-,27-,28-,29-,30?/m1/s1. The first-order chi connectivity index (χ1) is 18.8. The van der Waals surface area contributed by atoms with Crippen LogP contribution in [-0.2, 0) is 13.6 Å². The molecule has 41 heavy (non-hydrogen) atoms. The summed E-state index contributed by atoms with van der Waals surface area (Å²) >= 11 is 7.07. The Bertz CT molecular complexity index is 890. The van der Waals surface area contributed by atoms with Crippen molar-refractivity contribution in [2.75, 3.05) is 0 Å². The maximum absolute atomic E-state index is 10.9. The number of hydrogen-bond donors (Lipinski definition) is 1. The first kappa shape index (κ1) is 36.8. The van der Waals surface area contributed by atoms with Crippen molar-refractivity contribution in [1.82, 2.24) is 0 Å². The minimum atomic E-state index is -1.96. The lowest BCUT2D eigenvalue weighted by Gasteiger charge is -2.51. The maximum atomic E-state index is 10.9. The highest BCUT2D eigenvalue weighted by molar-refractivity contribution is 6.74. The van der Waals surface area contributed by atoms with Crippen LogP contribution in [0.4, 0.5) is 0 Å². The molecule has 0 aromatic carbocycles. The van der Waals surface area contributed by atoms with Gasteiger partial charge in [-0.25, -0.2) is 0 Å². The van der Waals surface area contributed by atoms with E-state index >= 15 is 0 Å². The quantitative estimate of drug-likeness (QED) is 0.0850. The molecular formula is C34H63ClO4Si2. The number of halogens is 1. The fourth-order valence-corrected chi connectivity index (χ4v) is 9.14. The second-order valence-electron chi connectivity index (χ2n) is 16.0. The number of aliphatic carboxylic acids is 1. The predicted molar refractivity (Wildman–Crippen MR) is 181 cm³/mol. The molecule has 0 saturated heterocycles. The van der Waals surface area contributed by atoms with E-state index in [1.807, 2.05) is 0 Å². The predicted octanol–water partition coefficient (Wildman–Crippen LogP) is 10.7. The summed E-state index contributed by atoms with van der Waals surface area (Å²) in [6, 6.07) is 0. The molecule has 0 bridgehead atoms. The van der Waals surface area contributed by atoms with Gasteiger partial charge in [0.05, 0.1) is 12.2 Å². The van der Waals surface area contributed by atoms with Gasteiger partial charge in [-0.15, -0.1) is 11.6 Å². The molecule has 0 amide bonds. The zero-order valence-corrected chi connectivity index (χ0v) is 31.1. The molecule has 2 aliphatic carbocycles. The number of alkyl halides is 1. The lowest BCUT2D eigenvalue weighted by Crippen LogP contribution is -2.51. The van der Waals surface area contributed by atoms with Crippen LogP contribution < -0.4 is 0 Å². The summed E-state index contributed by atoms with van der Waals surface area (Å²) in [5, 5.41) is 9.33. The topological polar surface area (TPSA) is 55.8 Å². The Morgan fingerprint density at radius 1 is 1.02 bits per heavy atom. The molecule has 0 aromatic rings. The number of rotatable bonds is 15. The average Bonchev–Trinajstić information content (AvgIpc) is 3.07. The third-order valence-corrected chi connectivity index (χ3v) is 20.6. The third kappa shape index (κ3) is 9.79. The van der Waals surface area contributed by atoms with Crippen LogP contribution in [0.25, 0.3) is 0 Å². The Labute approximate surface area is 260 Å². The third-order valence-electron chi connectivity index (χ3n) is 11.1. The molecular weight excluding hydrogens is 564 g/mol. The Morgan fingerprint density at radius 2 is 1.63 bits per heavy atom. The number of hydrogen-bond acceptors (Lipinski definition) is 3. The molecule has 238 valence electrons. The summed E-state index contributed by atoms with van der Waals surface area (Å²) in [5.74, 6) is -0.154. The van der Waals surface area contributed by atoms with Crippen LogP contribution in [0.1, 0.15) is 113 Å². The van der Waals surface area contributed by atoms with Gasteiger partial charge in [0.1, 0.15) is 0 Å². The van der Waals surface area contributed by atoms with Crippen molar-refractivity contribution in [2.24, 2.45) is 17.3 Å². The van der Waals surface area contributed by atoms with Crippen molar-refractivity contribution in [3.63, 3.8) is 0 Å². The Morgan fingerprint density at radius 3 is 2.12 bits per heavy atom. The second kappa shape index (κ2) is 14.6. The summed E-state index contributed by atoms with van der Waals surface area (Å²) in [5.41, 5.74) is 0.305. The fraction of sp³-hybridized carbons (Fsp3) is 0.853. The normalized spacial score (nSPS) is 26.5. The SMILES string of the molecule is CCC1(C(C/C=C/[C@@H]2[C@@H](C/C=C\CCCC(=O)O)[C@H](Cl)C[C@H]2O[Si](C)(C)C(C)(C)C)O[Si](C)(C)C(C)(C)C)CCC1. The first-order valence-corrected chi connectivity index (χ1v) is 22.5. The van der Waals surface area contributed by atoms with Gasteiger partial charge in [-0.3, -0.25) is 4.79 Å². The van der Waals surface area contributed by atoms with Crippen LogP contribution in [0.2, 0.25) is 36.3 Å². The van der Waals surface area contributed by atoms with E-state index in [-0.39, 0.29) is 40.0 Å². The number of unbranched alkanes of at least 4 members (excludes halogenated alkanes) is 1. The molecule has 2 saturated carbocycles. The summed E-state index contributed by atoms with van der Waals surface area (Å²) in [4.78, 5) is 10.9. The molecule has 2 fully saturated rings. The van der Waals surface area contributed by atoms with Crippen molar-refractivity contribution in [3.05, 3.63) is 24.3 Å². The molecule has 2 rings (SSSR count). The van der Waals surface area contributed by atoms with E-state index in [2.05, 4.69) is 99.0 Å². The van der Waals surface area contributed by atoms with Crippen LogP contribution in [0.5, 0.6) is 0 Å². The van der Waals surface area contributed by atoms with Crippen LogP contribution in [0, 0.1) is 17.3 Å². The molecule has 5 atom stereocenters. The lowest BCUT2D eigenvalue weighted by atomic mass is 9.63. The molecule has 0 spiro atoms. The highest BCUT2D eigenvalue weighted by atomic mass is 35.5. The molecule has 0 heterocycles. The van der Waals surface area contributed by atoms with E-state index < -0.39 is 22.6 Å². The van der Waals surface area contributed by atoms with Gasteiger partial charge in [-0.05, 0) is 99.0 Å². The molecule has 1 unspecified atom stereocenters. The molecule has 0 aromatic heterocycles.